The number of fused-ring (bicyclic) bond motifs is 1. The first-order chi connectivity index (χ1) is 14.9. The minimum Gasteiger partial charge on any atom is -0.377 e. The van der Waals surface area contributed by atoms with Crippen molar-refractivity contribution in [1.29, 1.82) is 0 Å². The summed E-state index contributed by atoms with van der Waals surface area (Å²) in [7, 11) is -3.63. The van der Waals surface area contributed by atoms with Crippen molar-refractivity contribution in [3.05, 3.63) is 59.9 Å². The summed E-state index contributed by atoms with van der Waals surface area (Å²) in [5.41, 5.74) is 2.36. The van der Waals surface area contributed by atoms with Gasteiger partial charge in [0.25, 0.3) is 5.91 Å². The number of ether oxygens (including phenoxy) is 1. The number of para-hydroxylation sites is 2. The van der Waals surface area contributed by atoms with Crippen molar-refractivity contribution < 1.29 is 17.9 Å². The molecule has 1 fully saturated rings. The van der Waals surface area contributed by atoms with Crippen LogP contribution in [0.1, 0.15) is 29.0 Å². The lowest BCUT2D eigenvalue weighted by Gasteiger charge is -2.12. The summed E-state index contributed by atoms with van der Waals surface area (Å²) < 4.78 is 35.0. The number of carbonyl (C=O) groups is 1. The van der Waals surface area contributed by atoms with Gasteiger partial charge in [0, 0.05) is 31.8 Å². The third-order valence-corrected chi connectivity index (χ3v) is 6.86. The molecule has 164 valence electrons. The van der Waals surface area contributed by atoms with Crippen LogP contribution < -0.4 is 10.0 Å². The Kier molecular flexibility index (Phi) is 6.35. The highest BCUT2D eigenvalue weighted by Gasteiger charge is 2.20. The lowest BCUT2D eigenvalue weighted by atomic mass is 10.2. The summed E-state index contributed by atoms with van der Waals surface area (Å²) in [6, 6.07) is 13.8. The van der Waals surface area contributed by atoms with Gasteiger partial charge in [-0.15, -0.1) is 0 Å². The van der Waals surface area contributed by atoms with E-state index in [1.54, 1.807) is 0 Å². The first-order valence-corrected chi connectivity index (χ1v) is 11.8. The van der Waals surface area contributed by atoms with Gasteiger partial charge in [0.05, 0.1) is 22.0 Å². The summed E-state index contributed by atoms with van der Waals surface area (Å²) in [5.74, 6) is 0.638. The van der Waals surface area contributed by atoms with Crippen molar-refractivity contribution in [2.24, 2.45) is 0 Å². The van der Waals surface area contributed by atoms with Crippen LogP contribution in [-0.4, -0.2) is 49.7 Å². The summed E-state index contributed by atoms with van der Waals surface area (Å²) in [4.78, 5) is 17.1. The van der Waals surface area contributed by atoms with E-state index >= 15 is 0 Å². The highest BCUT2D eigenvalue weighted by molar-refractivity contribution is 7.89. The Morgan fingerprint density at radius 1 is 1.19 bits per heavy atom. The maximum atomic E-state index is 12.5. The van der Waals surface area contributed by atoms with Crippen LogP contribution in [0, 0.1) is 6.92 Å². The normalized spacial score (nSPS) is 16.6. The molecule has 3 aromatic rings. The molecular weight excluding hydrogens is 416 g/mol. The number of carbonyl (C=O) groups excluding carboxylic acids is 1. The van der Waals surface area contributed by atoms with E-state index in [0.717, 1.165) is 29.7 Å². The van der Waals surface area contributed by atoms with Crippen LogP contribution in [0.4, 0.5) is 0 Å². The molecule has 1 saturated heterocycles. The van der Waals surface area contributed by atoms with Gasteiger partial charge in [0.1, 0.15) is 5.82 Å². The number of hydrogen-bond acceptors (Lipinski definition) is 5. The summed E-state index contributed by atoms with van der Waals surface area (Å²) >= 11 is 0. The number of imidazole rings is 1. The quantitative estimate of drug-likeness (QED) is 0.557. The summed E-state index contributed by atoms with van der Waals surface area (Å²) in [5, 5.41) is 2.88. The highest BCUT2D eigenvalue weighted by Crippen LogP contribution is 2.16. The van der Waals surface area contributed by atoms with Gasteiger partial charge in [-0.3, -0.25) is 4.79 Å². The molecule has 9 heteroatoms. The van der Waals surface area contributed by atoms with E-state index in [0.29, 0.717) is 25.3 Å². The number of sulfonamides is 1. The fraction of sp³-hybridized carbons (Fsp3) is 0.364. The number of benzene rings is 2. The van der Waals surface area contributed by atoms with Gasteiger partial charge in [-0.05, 0) is 56.2 Å². The molecule has 4 rings (SSSR count). The number of aromatic nitrogens is 2. The third kappa shape index (κ3) is 4.95. The number of nitrogens with one attached hydrogen (secondary N) is 2. The van der Waals surface area contributed by atoms with Crippen LogP contribution in [0.5, 0.6) is 0 Å². The number of aryl methyl sites for hydroxylation is 1. The number of rotatable bonds is 8. The second-order valence-corrected chi connectivity index (χ2v) is 9.33. The molecule has 2 heterocycles. The summed E-state index contributed by atoms with van der Waals surface area (Å²) in [6.07, 6.45) is 1.74. The van der Waals surface area contributed by atoms with E-state index in [-0.39, 0.29) is 23.5 Å². The Morgan fingerprint density at radius 2 is 1.97 bits per heavy atom. The number of amides is 1. The Hall–Kier alpha value is -2.75. The van der Waals surface area contributed by atoms with E-state index in [1.165, 1.54) is 24.3 Å². The van der Waals surface area contributed by atoms with Gasteiger partial charge in [0.2, 0.25) is 10.0 Å². The zero-order chi connectivity index (χ0) is 21.8. The maximum Gasteiger partial charge on any atom is 0.251 e. The number of hydrogen-bond donors (Lipinski definition) is 2. The zero-order valence-electron chi connectivity index (χ0n) is 17.4. The van der Waals surface area contributed by atoms with Gasteiger partial charge in [-0.2, -0.15) is 0 Å². The Bertz CT molecular complexity index is 1170. The van der Waals surface area contributed by atoms with E-state index in [4.69, 9.17) is 4.74 Å². The Morgan fingerprint density at radius 3 is 2.71 bits per heavy atom. The molecule has 1 unspecified atom stereocenters. The minimum absolute atomic E-state index is 0.0731. The lowest BCUT2D eigenvalue weighted by molar-refractivity contribution is 0.0952. The van der Waals surface area contributed by atoms with Crippen LogP contribution in [0.15, 0.2) is 53.4 Å². The Balaban J connectivity index is 1.33. The first-order valence-electron chi connectivity index (χ1n) is 10.4. The molecular formula is C22H26N4O4S. The molecule has 2 aromatic carbocycles. The molecule has 0 spiro atoms. The fourth-order valence-corrected chi connectivity index (χ4v) is 4.80. The average molecular weight is 443 g/mol. The van der Waals surface area contributed by atoms with Crippen molar-refractivity contribution in [1.82, 2.24) is 19.6 Å². The smallest absolute Gasteiger partial charge is 0.251 e. The van der Waals surface area contributed by atoms with Crippen molar-refractivity contribution in [3.8, 4) is 0 Å². The van der Waals surface area contributed by atoms with Gasteiger partial charge in [-0.1, -0.05) is 12.1 Å². The second kappa shape index (κ2) is 9.17. The monoisotopic (exact) mass is 442 g/mol. The second-order valence-electron chi connectivity index (χ2n) is 7.57. The molecule has 0 aliphatic carbocycles. The Labute approximate surface area is 181 Å². The summed E-state index contributed by atoms with van der Waals surface area (Å²) in [6.45, 7) is 3.90. The molecule has 1 atom stereocenters. The van der Waals surface area contributed by atoms with E-state index in [9.17, 15) is 13.2 Å². The van der Waals surface area contributed by atoms with Crippen LogP contribution in [-0.2, 0) is 21.3 Å². The largest absolute Gasteiger partial charge is 0.377 e. The number of nitrogens with zero attached hydrogens (tertiary/aromatic N) is 2. The molecule has 1 aliphatic heterocycles. The van der Waals surface area contributed by atoms with Gasteiger partial charge < -0.3 is 14.6 Å². The van der Waals surface area contributed by atoms with Crippen molar-refractivity contribution >= 4 is 27.0 Å². The van der Waals surface area contributed by atoms with Crippen molar-refractivity contribution in [3.63, 3.8) is 0 Å². The molecule has 1 aliphatic rings. The van der Waals surface area contributed by atoms with Crippen molar-refractivity contribution in [2.75, 3.05) is 19.7 Å². The maximum absolute atomic E-state index is 12.5. The molecule has 8 nitrogen and oxygen atoms in total. The fourth-order valence-electron chi connectivity index (χ4n) is 3.74. The van der Waals surface area contributed by atoms with Crippen LogP contribution >= 0.6 is 0 Å². The van der Waals surface area contributed by atoms with Crippen LogP contribution in [0.3, 0.4) is 0 Å². The molecule has 0 saturated carbocycles. The highest BCUT2D eigenvalue weighted by atomic mass is 32.2. The predicted octanol–water partition coefficient (Wildman–Crippen LogP) is 2.23. The molecule has 2 N–H and O–H groups in total. The minimum atomic E-state index is -3.63. The SMILES string of the molecule is Cc1nc2ccccc2n1CCNC(=O)c1ccc(S(=O)(=O)NCC2CCCO2)cc1. The molecule has 0 bridgehead atoms. The average Bonchev–Trinajstić information content (AvgIpc) is 3.40. The van der Waals surface area contributed by atoms with Gasteiger partial charge in [-0.25, -0.2) is 18.1 Å². The van der Waals surface area contributed by atoms with Crippen LogP contribution in [0.2, 0.25) is 0 Å². The molecule has 0 radical (unpaired) electrons. The van der Waals surface area contributed by atoms with Crippen molar-refractivity contribution in [2.45, 2.75) is 37.3 Å². The predicted molar refractivity (Wildman–Crippen MR) is 117 cm³/mol. The zero-order valence-corrected chi connectivity index (χ0v) is 18.2. The van der Waals surface area contributed by atoms with E-state index in [2.05, 4.69) is 19.6 Å². The van der Waals surface area contributed by atoms with Gasteiger partial charge in [0.15, 0.2) is 0 Å². The molecule has 1 amide bonds. The lowest BCUT2D eigenvalue weighted by Crippen LogP contribution is -2.32. The standard InChI is InChI=1S/C22H26N4O4S/c1-16-25-20-6-2-3-7-21(20)26(16)13-12-23-22(27)17-8-10-19(11-9-17)31(28,29)24-15-18-5-4-14-30-18/h2-3,6-11,18,24H,4-5,12-15H2,1H3,(H,23,27). The molecule has 1 aromatic heterocycles. The topological polar surface area (TPSA) is 102 Å². The van der Waals surface area contributed by atoms with E-state index in [1.807, 2.05) is 31.2 Å². The first kappa shape index (κ1) is 21.5. The van der Waals surface area contributed by atoms with Crippen LogP contribution in [0.25, 0.3) is 11.0 Å². The molecule has 31 heavy (non-hydrogen) atoms. The van der Waals surface area contributed by atoms with E-state index < -0.39 is 10.0 Å². The van der Waals surface area contributed by atoms with Gasteiger partial charge >= 0.3 is 0 Å². The third-order valence-electron chi connectivity index (χ3n) is 5.42.